The summed E-state index contributed by atoms with van der Waals surface area (Å²) in [5, 5.41) is 1.64. The van der Waals surface area contributed by atoms with Gasteiger partial charge in [-0.2, -0.15) is 0 Å². The molecule has 0 aliphatic rings. The Bertz CT molecular complexity index is 1580. The van der Waals surface area contributed by atoms with Crippen molar-refractivity contribution in [3.8, 4) is 17.0 Å². The van der Waals surface area contributed by atoms with Crippen molar-refractivity contribution in [3.05, 3.63) is 92.6 Å². The lowest BCUT2D eigenvalue weighted by atomic mass is 10.1. The number of pyridine rings is 1. The number of hydrogen-bond donors (Lipinski definition) is 0. The van der Waals surface area contributed by atoms with E-state index in [1.807, 2.05) is 24.3 Å². The molecule has 148 valence electrons. The Balaban J connectivity index is 1.84. The number of nitrogens with zero attached hydrogens (tertiary/aromatic N) is 3. The molecule has 5 rings (SSSR count). The molecule has 0 aliphatic heterocycles. The number of aromatic nitrogens is 3. The highest BCUT2D eigenvalue weighted by Gasteiger charge is 2.20. The van der Waals surface area contributed by atoms with E-state index in [9.17, 15) is 14.0 Å². The maximum Gasteiger partial charge on any atom is 0.336 e. The molecule has 0 fully saturated rings. The first-order chi connectivity index (χ1) is 14.5. The quantitative estimate of drug-likeness (QED) is 0.426. The van der Waals surface area contributed by atoms with Crippen molar-refractivity contribution in [2.45, 2.75) is 0 Å². The number of rotatable bonds is 2. The van der Waals surface area contributed by atoms with Crippen LogP contribution in [-0.4, -0.2) is 14.1 Å². The molecule has 30 heavy (non-hydrogen) atoms. The van der Waals surface area contributed by atoms with Crippen LogP contribution in [0.5, 0.6) is 0 Å². The maximum atomic E-state index is 13.4. The van der Waals surface area contributed by atoms with Crippen LogP contribution in [0, 0.1) is 5.82 Å². The van der Waals surface area contributed by atoms with Crippen LogP contribution in [0.3, 0.4) is 0 Å². The first-order valence-corrected chi connectivity index (χ1v) is 9.37. The minimum Gasteiger partial charge on any atom is -0.449 e. The molecule has 0 spiro atoms. The molecule has 3 aromatic heterocycles. The molecule has 0 N–H and O–H groups in total. The molecular formula is C22H13ClFN3O3. The van der Waals surface area contributed by atoms with Gasteiger partial charge in [-0.05, 0) is 18.2 Å². The lowest BCUT2D eigenvalue weighted by molar-refractivity contribution is 0.613. The fraction of sp³-hybridized carbons (Fsp3) is 0.0455. The van der Waals surface area contributed by atoms with Gasteiger partial charge >= 0.3 is 11.2 Å². The third-order valence-electron chi connectivity index (χ3n) is 5.03. The molecule has 0 amide bonds. The number of fused-ring (bicyclic) bond motifs is 2. The normalized spacial score (nSPS) is 11.4. The van der Waals surface area contributed by atoms with E-state index in [1.54, 1.807) is 19.3 Å². The minimum atomic E-state index is -0.615. The van der Waals surface area contributed by atoms with Crippen LogP contribution in [0.4, 0.5) is 4.39 Å². The average Bonchev–Trinajstić information content (AvgIpc) is 3.18. The van der Waals surface area contributed by atoms with E-state index < -0.39 is 17.1 Å². The van der Waals surface area contributed by atoms with Crippen molar-refractivity contribution in [2.24, 2.45) is 7.05 Å². The Hall–Kier alpha value is -3.71. The molecule has 6 nitrogen and oxygen atoms in total. The molecule has 2 aromatic carbocycles. The number of aryl methyl sites for hydroxylation is 1. The van der Waals surface area contributed by atoms with E-state index >= 15 is 0 Å². The van der Waals surface area contributed by atoms with Crippen molar-refractivity contribution in [2.75, 3.05) is 0 Å². The summed E-state index contributed by atoms with van der Waals surface area (Å²) in [6.07, 6.45) is 3.13. The van der Waals surface area contributed by atoms with Crippen LogP contribution in [0.15, 0.2) is 74.9 Å². The summed E-state index contributed by atoms with van der Waals surface area (Å²) in [5.74, 6) is -0.228. The molecule has 8 heteroatoms. The summed E-state index contributed by atoms with van der Waals surface area (Å²) in [4.78, 5) is 30.5. The van der Waals surface area contributed by atoms with Gasteiger partial charge in [-0.3, -0.25) is 14.3 Å². The van der Waals surface area contributed by atoms with Crippen molar-refractivity contribution in [1.29, 1.82) is 0 Å². The van der Waals surface area contributed by atoms with Crippen LogP contribution in [-0.2, 0) is 7.05 Å². The van der Waals surface area contributed by atoms with Gasteiger partial charge in [-0.1, -0.05) is 35.9 Å². The largest absolute Gasteiger partial charge is 0.449 e. The predicted molar refractivity (Wildman–Crippen MR) is 113 cm³/mol. The number of halogens is 2. The SMILES string of the molecule is Cn1c(=O)n(-c2cncc3ccccc23)c(=O)c2oc(-c3ccc(F)cc3Cl)cc21. The number of hydrogen-bond acceptors (Lipinski definition) is 4. The molecule has 0 radical (unpaired) electrons. The van der Waals surface area contributed by atoms with E-state index in [-0.39, 0.29) is 16.4 Å². The zero-order valence-electron chi connectivity index (χ0n) is 15.6. The first-order valence-electron chi connectivity index (χ1n) is 9.00. The van der Waals surface area contributed by atoms with Crippen molar-refractivity contribution < 1.29 is 8.81 Å². The zero-order chi connectivity index (χ0) is 21.0. The highest BCUT2D eigenvalue weighted by Crippen LogP contribution is 2.32. The van der Waals surface area contributed by atoms with Crippen LogP contribution in [0.1, 0.15) is 0 Å². The Kier molecular flexibility index (Phi) is 4.08. The number of benzene rings is 2. The van der Waals surface area contributed by atoms with Gasteiger partial charge in [0.1, 0.15) is 11.6 Å². The van der Waals surface area contributed by atoms with E-state index in [0.717, 1.165) is 16.0 Å². The summed E-state index contributed by atoms with van der Waals surface area (Å²) in [7, 11) is 1.55. The summed E-state index contributed by atoms with van der Waals surface area (Å²) < 4.78 is 21.6. The molecule has 3 heterocycles. The lowest BCUT2D eigenvalue weighted by Gasteiger charge is -2.10. The van der Waals surface area contributed by atoms with Gasteiger partial charge in [0, 0.05) is 35.6 Å². The molecule has 0 saturated carbocycles. The van der Waals surface area contributed by atoms with Gasteiger partial charge in [-0.25, -0.2) is 13.8 Å². The van der Waals surface area contributed by atoms with Gasteiger partial charge in [0.25, 0.3) is 0 Å². The molecular weight excluding hydrogens is 409 g/mol. The molecule has 0 saturated heterocycles. The topological polar surface area (TPSA) is 70.0 Å². The second-order valence-corrected chi connectivity index (χ2v) is 7.22. The minimum absolute atomic E-state index is 0.0135. The molecule has 0 aliphatic carbocycles. The molecule has 5 aromatic rings. The van der Waals surface area contributed by atoms with Gasteiger partial charge < -0.3 is 4.42 Å². The van der Waals surface area contributed by atoms with Crippen LogP contribution in [0.25, 0.3) is 38.9 Å². The third-order valence-corrected chi connectivity index (χ3v) is 5.35. The van der Waals surface area contributed by atoms with Crippen LogP contribution >= 0.6 is 11.6 Å². The van der Waals surface area contributed by atoms with Crippen molar-refractivity contribution in [3.63, 3.8) is 0 Å². The van der Waals surface area contributed by atoms with Gasteiger partial charge in [-0.15, -0.1) is 0 Å². The lowest BCUT2D eigenvalue weighted by Crippen LogP contribution is -2.37. The summed E-state index contributed by atoms with van der Waals surface area (Å²) in [6, 6.07) is 12.7. The smallest absolute Gasteiger partial charge is 0.336 e. The Labute approximate surface area is 173 Å². The van der Waals surface area contributed by atoms with E-state index in [4.69, 9.17) is 16.0 Å². The maximum absolute atomic E-state index is 13.4. The standard InChI is InChI=1S/C22H13ClFN3O3/c1-26-17-9-19(15-7-6-13(24)8-16(15)23)30-20(17)21(28)27(22(26)29)18-11-25-10-12-4-2-3-5-14(12)18/h2-11H,1H3. The average molecular weight is 422 g/mol. The monoisotopic (exact) mass is 421 g/mol. The van der Waals surface area contributed by atoms with Crippen LogP contribution in [0.2, 0.25) is 5.02 Å². The number of furan rings is 1. The Morgan fingerprint density at radius 2 is 1.87 bits per heavy atom. The van der Waals surface area contributed by atoms with Gasteiger partial charge in [0.2, 0.25) is 5.58 Å². The summed E-state index contributed by atoms with van der Waals surface area (Å²) in [6.45, 7) is 0. The molecule has 0 bridgehead atoms. The van der Waals surface area contributed by atoms with Crippen LogP contribution < -0.4 is 11.2 Å². The molecule has 0 unspecified atom stereocenters. The van der Waals surface area contributed by atoms with Crippen molar-refractivity contribution >= 4 is 33.5 Å². The summed E-state index contributed by atoms with van der Waals surface area (Å²) in [5.41, 5.74) is -0.0814. The van der Waals surface area contributed by atoms with Gasteiger partial charge in [0.05, 0.1) is 22.4 Å². The highest BCUT2D eigenvalue weighted by molar-refractivity contribution is 6.33. The first kappa shape index (κ1) is 18.3. The Morgan fingerprint density at radius 3 is 2.67 bits per heavy atom. The van der Waals surface area contributed by atoms with Gasteiger partial charge in [0.15, 0.2) is 0 Å². The predicted octanol–water partition coefficient (Wildman–Crippen LogP) is 4.29. The highest BCUT2D eigenvalue weighted by atomic mass is 35.5. The van der Waals surface area contributed by atoms with E-state index in [0.29, 0.717) is 22.2 Å². The van der Waals surface area contributed by atoms with E-state index in [1.165, 1.54) is 22.9 Å². The van der Waals surface area contributed by atoms with Crippen molar-refractivity contribution in [1.82, 2.24) is 14.1 Å². The zero-order valence-corrected chi connectivity index (χ0v) is 16.4. The second-order valence-electron chi connectivity index (χ2n) is 6.81. The summed E-state index contributed by atoms with van der Waals surface area (Å²) >= 11 is 6.13. The third kappa shape index (κ3) is 2.67. The fourth-order valence-corrected chi connectivity index (χ4v) is 3.80. The molecule has 0 atom stereocenters. The van der Waals surface area contributed by atoms with E-state index in [2.05, 4.69) is 4.98 Å². The Morgan fingerprint density at radius 1 is 1.07 bits per heavy atom. The fourth-order valence-electron chi connectivity index (χ4n) is 3.54. The second kappa shape index (κ2) is 6.67.